The van der Waals surface area contributed by atoms with Crippen molar-refractivity contribution in [3.8, 4) is 0 Å². The Morgan fingerprint density at radius 3 is 2.59 bits per heavy atom. The lowest BCUT2D eigenvalue weighted by Crippen LogP contribution is -2.58. The van der Waals surface area contributed by atoms with Gasteiger partial charge in [-0.1, -0.05) is 0 Å². The van der Waals surface area contributed by atoms with Gasteiger partial charge in [-0.05, 0) is 44.8 Å². The van der Waals surface area contributed by atoms with E-state index >= 15 is 0 Å². The average molecular weight is 375 g/mol. The lowest BCUT2D eigenvalue weighted by atomic mass is 9.85. The van der Waals surface area contributed by atoms with E-state index in [0.717, 1.165) is 45.3 Å². The lowest BCUT2D eigenvalue weighted by molar-refractivity contribution is -0.149. The molecule has 27 heavy (non-hydrogen) atoms. The third kappa shape index (κ3) is 3.60. The second kappa shape index (κ2) is 7.98. The summed E-state index contributed by atoms with van der Waals surface area (Å²) in [6, 6.07) is 1.87. The first kappa shape index (κ1) is 18.4. The minimum Gasteiger partial charge on any atom is -0.378 e. The topological polar surface area (TPSA) is 79.7 Å². The zero-order valence-corrected chi connectivity index (χ0v) is 15.8. The third-order valence-electron chi connectivity index (χ3n) is 6.15. The maximum Gasteiger partial charge on any atom is 0.250 e. The minimum atomic E-state index is -0.626. The van der Waals surface area contributed by atoms with Gasteiger partial charge in [0.15, 0.2) is 0 Å². The van der Waals surface area contributed by atoms with Gasteiger partial charge in [0.2, 0.25) is 5.91 Å². The molecule has 1 atom stereocenters. The zero-order valence-electron chi connectivity index (χ0n) is 15.8. The number of carbonyl (C=O) groups is 2. The van der Waals surface area contributed by atoms with Crippen LogP contribution in [0.3, 0.4) is 0 Å². The summed E-state index contributed by atoms with van der Waals surface area (Å²) in [5, 5.41) is 7.75. The van der Waals surface area contributed by atoms with Crippen molar-refractivity contribution < 1.29 is 14.3 Å². The van der Waals surface area contributed by atoms with E-state index in [2.05, 4.69) is 10.4 Å². The first-order valence-electron chi connectivity index (χ1n) is 10.1. The van der Waals surface area contributed by atoms with Gasteiger partial charge < -0.3 is 19.9 Å². The van der Waals surface area contributed by atoms with E-state index in [1.54, 1.807) is 6.20 Å². The predicted octanol–water partition coefficient (Wildman–Crippen LogP) is 0.0592. The van der Waals surface area contributed by atoms with Gasteiger partial charge in [-0.3, -0.25) is 14.3 Å². The van der Waals surface area contributed by atoms with E-state index in [9.17, 15) is 9.59 Å². The number of aromatic nitrogens is 2. The number of hydrogen-bond donors (Lipinski definition) is 1. The van der Waals surface area contributed by atoms with E-state index in [4.69, 9.17) is 4.74 Å². The first-order valence-corrected chi connectivity index (χ1v) is 10.1. The molecule has 1 N–H and O–H groups in total. The van der Waals surface area contributed by atoms with E-state index in [-0.39, 0.29) is 17.7 Å². The quantitative estimate of drug-likeness (QED) is 0.808. The molecule has 0 aliphatic carbocycles. The molecule has 0 aromatic carbocycles. The zero-order chi connectivity index (χ0) is 18.7. The Balaban J connectivity index is 1.49. The number of piperidine rings is 2. The Labute approximate surface area is 159 Å². The largest absolute Gasteiger partial charge is 0.378 e. The fourth-order valence-electron chi connectivity index (χ4n) is 4.60. The van der Waals surface area contributed by atoms with Gasteiger partial charge in [0, 0.05) is 38.6 Å². The van der Waals surface area contributed by atoms with Crippen LogP contribution in [0.15, 0.2) is 18.5 Å². The summed E-state index contributed by atoms with van der Waals surface area (Å²) in [6.07, 6.45) is 6.82. The summed E-state index contributed by atoms with van der Waals surface area (Å²) in [4.78, 5) is 30.3. The summed E-state index contributed by atoms with van der Waals surface area (Å²) in [5.74, 6) is 0.193. The van der Waals surface area contributed by atoms with Crippen LogP contribution in [0.1, 0.15) is 25.7 Å². The molecule has 8 heteroatoms. The van der Waals surface area contributed by atoms with Gasteiger partial charge in [-0.15, -0.1) is 0 Å². The molecule has 3 aliphatic rings. The fourth-order valence-corrected chi connectivity index (χ4v) is 4.60. The number of hydrogen-bond acceptors (Lipinski definition) is 5. The predicted molar refractivity (Wildman–Crippen MR) is 99.0 cm³/mol. The number of carbonyl (C=O) groups excluding carboxylic acids is 2. The van der Waals surface area contributed by atoms with Crippen molar-refractivity contribution in [1.29, 1.82) is 0 Å². The lowest BCUT2D eigenvalue weighted by Gasteiger charge is -2.43. The number of rotatable bonds is 3. The summed E-state index contributed by atoms with van der Waals surface area (Å²) in [5.41, 5.74) is -0.626. The molecule has 1 unspecified atom stereocenters. The maximum atomic E-state index is 13.6. The molecule has 2 amide bonds. The van der Waals surface area contributed by atoms with Crippen molar-refractivity contribution in [2.24, 2.45) is 5.92 Å². The molecular weight excluding hydrogens is 346 g/mol. The molecule has 3 fully saturated rings. The second-order valence-corrected chi connectivity index (χ2v) is 7.76. The molecule has 0 bridgehead atoms. The van der Waals surface area contributed by atoms with Crippen LogP contribution in [0.5, 0.6) is 0 Å². The van der Waals surface area contributed by atoms with E-state index in [1.807, 2.05) is 26.7 Å². The minimum absolute atomic E-state index is 0.0998. The smallest absolute Gasteiger partial charge is 0.250 e. The van der Waals surface area contributed by atoms with Gasteiger partial charge >= 0.3 is 0 Å². The standard InChI is InChI=1S/C19H29N5O3/c25-17(22-11-13-27-14-12-22)16-3-1-9-23(15-16)18(26)19(4-7-20-8-5-19)24-10-2-6-21-24/h2,6,10,16,20H,1,3-5,7-9,11-15H2. The van der Waals surface area contributed by atoms with Crippen molar-refractivity contribution in [1.82, 2.24) is 24.9 Å². The van der Waals surface area contributed by atoms with Crippen molar-refractivity contribution in [3.05, 3.63) is 18.5 Å². The van der Waals surface area contributed by atoms with Crippen LogP contribution < -0.4 is 5.32 Å². The Kier molecular flexibility index (Phi) is 5.45. The highest BCUT2D eigenvalue weighted by molar-refractivity contribution is 5.86. The van der Waals surface area contributed by atoms with Gasteiger partial charge in [0.25, 0.3) is 5.91 Å². The van der Waals surface area contributed by atoms with Gasteiger partial charge in [-0.2, -0.15) is 5.10 Å². The highest BCUT2D eigenvalue weighted by atomic mass is 16.5. The number of nitrogens with zero attached hydrogens (tertiary/aromatic N) is 4. The molecule has 0 radical (unpaired) electrons. The number of likely N-dealkylation sites (tertiary alicyclic amines) is 1. The number of morpholine rings is 1. The van der Waals surface area contributed by atoms with Crippen molar-refractivity contribution in [3.63, 3.8) is 0 Å². The van der Waals surface area contributed by atoms with E-state index < -0.39 is 5.54 Å². The van der Waals surface area contributed by atoms with Crippen LogP contribution in [0.4, 0.5) is 0 Å². The van der Waals surface area contributed by atoms with Crippen molar-refractivity contribution in [2.75, 3.05) is 52.5 Å². The van der Waals surface area contributed by atoms with Gasteiger partial charge in [0.05, 0.1) is 19.1 Å². The Morgan fingerprint density at radius 1 is 1.11 bits per heavy atom. The molecule has 3 saturated heterocycles. The molecule has 3 aliphatic heterocycles. The summed E-state index contributed by atoms with van der Waals surface area (Å²) >= 11 is 0. The van der Waals surface area contributed by atoms with Crippen molar-refractivity contribution >= 4 is 11.8 Å². The van der Waals surface area contributed by atoms with Crippen LogP contribution in [0, 0.1) is 5.92 Å². The highest BCUT2D eigenvalue weighted by Crippen LogP contribution is 2.31. The monoisotopic (exact) mass is 375 g/mol. The average Bonchev–Trinajstić information content (AvgIpc) is 3.29. The van der Waals surface area contributed by atoms with Crippen molar-refractivity contribution in [2.45, 2.75) is 31.2 Å². The summed E-state index contributed by atoms with van der Waals surface area (Å²) in [7, 11) is 0. The van der Waals surface area contributed by atoms with Crippen LogP contribution in [0.25, 0.3) is 0 Å². The van der Waals surface area contributed by atoms with Crippen LogP contribution in [-0.4, -0.2) is 83.9 Å². The van der Waals surface area contributed by atoms with Crippen LogP contribution >= 0.6 is 0 Å². The normalized spacial score (nSPS) is 26.0. The second-order valence-electron chi connectivity index (χ2n) is 7.76. The Morgan fingerprint density at radius 2 is 1.89 bits per heavy atom. The molecule has 148 valence electrons. The van der Waals surface area contributed by atoms with Gasteiger partial charge in [0.1, 0.15) is 5.54 Å². The van der Waals surface area contributed by atoms with Gasteiger partial charge in [-0.25, -0.2) is 0 Å². The van der Waals surface area contributed by atoms with Crippen LogP contribution in [-0.2, 0) is 19.9 Å². The first-order chi connectivity index (χ1) is 13.2. The molecule has 0 spiro atoms. The molecule has 0 saturated carbocycles. The third-order valence-corrected chi connectivity index (χ3v) is 6.15. The Bertz CT molecular complexity index is 650. The van der Waals surface area contributed by atoms with E-state index in [1.165, 1.54) is 0 Å². The summed E-state index contributed by atoms with van der Waals surface area (Å²) in [6.45, 7) is 5.38. The molecule has 1 aromatic rings. The van der Waals surface area contributed by atoms with Crippen LogP contribution in [0.2, 0.25) is 0 Å². The number of ether oxygens (including phenoxy) is 1. The molecule has 1 aromatic heterocycles. The molecular formula is C19H29N5O3. The SMILES string of the molecule is O=C(C1CCCN(C(=O)C2(n3cccn3)CCNCC2)C1)N1CCOCC1. The Hall–Kier alpha value is -1.93. The molecule has 4 rings (SSSR count). The maximum absolute atomic E-state index is 13.6. The highest BCUT2D eigenvalue weighted by Gasteiger charge is 2.46. The summed E-state index contributed by atoms with van der Waals surface area (Å²) < 4.78 is 7.19. The molecule has 4 heterocycles. The number of nitrogens with one attached hydrogen (secondary N) is 1. The number of amides is 2. The molecule has 8 nitrogen and oxygen atoms in total. The fraction of sp³-hybridized carbons (Fsp3) is 0.737. The van der Waals surface area contributed by atoms with E-state index in [0.29, 0.717) is 32.8 Å².